The van der Waals surface area contributed by atoms with E-state index in [2.05, 4.69) is 4.98 Å². The lowest BCUT2D eigenvalue weighted by molar-refractivity contribution is 0.587. The Morgan fingerprint density at radius 3 is 2.94 bits per heavy atom. The third-order valence-corrected chi connectivity index (χ3v) is 5.98. The van der Waals surface area contributed by atoms with Gasteiger partial charge in [0.1, 0.15) is 10.8 Å². The lowest BCUT2D eigenvalue weighted by Crippen LogP contribution is -2.18. The van der Waals surface area contributed by atoms with Crippen LogP contribution in [0.25, 0.3) is 5.65 Å². The van der Waals surface area contributed by atoms with E-state index in [0.717, 1.165) is 24.2 Å². The molecule has 0 radical (unpaired) electrons. The number of pyridine rings is 1. The van der Waals surface area contributed by atoms with Gasteiger partial charge in [0, 0.05) is 12.6 Å². The summed E-state index contributed by atoms with van der Waals surface area (Å²) >= 11 is 6.05. The summed E-state index contributed by atoms with van der Waals surface area (Å²) in [5.41, 5.74) is 1.55. The summed E-state index contributed by atoms with van der Waals surface area (Å²) < 4.78 is 25.4. The maximum absolute atomic E-state index is 11.8. The number of nitrogens with zero attached hydrogens (tertiary/aromatic N) is 2. The highest BCUT2D eigenvalue weighted by atomic mass is 35.5. The van der Waals surface area contributed by atoms with Crippen LogP contribution in [0.5, 0.6) is 0 Å². The van der Waals surface area contributed by atoms with Crippen LogP contribution in [-0.4, -0.2) is 28.8 Å². The third kappa shape index (κ3) is 2.01. The van der Waals surface area contributed by atoms with E-state index in [-0.39, 0.29) is 5.25 Å². The van der Waals surface area contributed by atoms with Crippen LogP contribution in [0, 0.1) is 0 Å². The molecule has 1 saturated heterocycles. The Balaban J connectivity index is 1.94. The number of hydrogen-bond acceptors (Lipinski definition) is 3. The van der Waals surface area contributed by atoms with Crippen LogP contribution in [-0.2, 0) is 16.3 Å². The lowest BCUT2D eigenvalue weighted by atomic mass is 10.2. The van der Waals surface area contributed by atoms with E-state index < -0.39 is 9.84 Å². The largest absolute Gasteiger partial charge is 0.290 e. The Kier molecular flexibility index (Phi) is 2.83. The van der Waals surface area contributed by atoms with Gasteiger partial charge in [0.2, 0.25) is 0 Å². The summed E-state index contributed by atoms with van der Waals surface area (Å²) in [4.78, 5) is 4.42. The Bertz CT molecular complexity index is 693. The van der Waals surface area contributed by atoms with Crippen LogP contribution < -0.4 is 0 Å². The van der Waals surface area contributed by atoms with Crippen molar-refractivity contribution in [1.82, 2.24) is 9.38 Å². The molecular weight excluding hydrogens is 272 g/mol. The van der Waals surface area contributed by atoms with Crippen molar-refractivity contribution in [1.29, 1.82) is 0 Å². The minimum absolute atomic E-state index is 0.277. The van der Waals surface area contributed by atoms with Gasteiger partial charge in [-0.2, -0.15) is 0 Å². The highest BCUT2D eigenvalue weighted by molar-refractivity contribution is 7.92. The fourth-order valence-corrected chi connectivity index (χ4v) is 4.51. The normalized spacial score (nSPS) is 22.6. The van der Waals surface area contributed by atoms with Crippen LogP contribution in [0.3, 0.4) is 0 Å². The fourth-order valence-electron chi connectivity index (χ4n) is 2.45. The smallest absolute Gasteiger partial charge is 0.153 e. The molecule has 18 heavy (non-hydrogen) atoms. The van der Waals surface area contributed by atoms with Crippen molar-refractivity contribution in [2.75, 3.05) is 5.75 Å². The van der Waals surface area contributed by atoms with E-state index in [1.165, 1.54) is 0 Å². The second-order valence-corrected chi connectivity index (χ2v) is 7.43. The molecule has 1 atom stereocenters. The second kappa shape index (κ2) is 4.24. The summed E-state index contributed by atoms with van der Waals surface area (Å²) in [6.07, 6.45) is 3.82. The zero-order valence-electron chi connectivity index (χ0n) is 9.71. The molecule has 0 amide bonds. The molecule has 3 rings (SSSR count). The number of sulfone groups is 1. The summed E-state index contributed by atoms with van der Waals surface area (Å²) in [6, 6.07) is 5.48. The van der Waals surface area contributed by atoms with Crippen molar-refractivity contribution in [3.8, 4) is 0 Å². The van der Waals surface area contributed by atoms with Crippen LogP contribution in [0.2, 0.25) is 5.15 Å². The first kappa shape index (κ1) is 12.0. The van der Waals surface area contributed by atoms with E-state index in [0.29, 0.717) is 17.3 Å². The van der Waals surface area contributed by atoms with Gasteiger partial charge in [-0.15, -0.1) is 0 Å². The molecule has 96 valence electrons. The molecule has 6 heteroatoms. The van der Waals surface area contributed by atoms with E-state index in [1.54, 1.807) is 10.5 Å². The molecule has 1 aliphatic rings. The molecular formula is C12H13ClN2O2S. The lowest BCUT2D eigenvalue weighted by Gasteiger charge is -2.05. The van der Waals surface area contributed by atoms with Gasteiger partial charge in [-0.3, -0.25) is 4.40 Å². The summed E-state index contributed by atoms with van der Waals surface area (Å²) in [5.74, 6) is 0.311. The molecule has 1 aliphatic heterocycles. The van der Waals surface area contributed by atoms with Gasteiger partial charge in [-0.1, -0.05) is 17.7 Å². The average Bonchev–Trinajstić information content (AvgIpc) is 2.84. The van der Waals surface area contributed by atoms with Gasteiger partial charge in [0.25, 0.3) is 0 Å². The van der Waals surface area contributed by atoms with Crippen molar-refractivity contribution >= 4 is 27.1 Å². The maximum atomic E-state index is 11.8. The topological polar surface area (TPSA) is 51.4 Å². The maximum Gasteiger partial charge on any atom is 0.153 e. The average molecular weight is 285 g/mol. The van der Waals surface area contributed by atoms with Crippen LogP contribution >= 0.6 is 11.6 Å². The Labute approximate surface area is 111 Å². The molecule has 2 aromatic heterocycles. The van der Waals surface area contributed by atoms with Crippen LogP contribution in [0.4, 0.5) is 0 Å². The Morgan fingerprint density at radius 1 is 1.44 bits per heavy atom. The molecule has 0 N–H and O–H groups in total. The number of rotatable bonds is 2. The first-order valence-corrected chi connectivity index (χ1v) is 8.00. The second-order valence-electron chi connectivity index (χ2n) is 4.64. The molecule has 1 fully saturated rings. The number of aromatic nitrogens is 2. The van der Waals surface area contributed by atoms with Gasteiger partial charge >= 0.3 is 0 Å². The fraction of sp³-hybridized carbons (Fsp3) is 0.417. The zero-order valence-corrected chi connectivity index (χ0v) is 11.3. The molecule has 0 spiro atoms. The predicted octanol–water partition coefficient (Wildman–Crippen LogP) is 2.11. The Morgan fingerprint density at radius 2 is 2.28 bits per heavy atom. The number of halogens is 1. The van der Waals surface area contributed by atoms with Crippen molar-refractivity contribution in [2.45, 2.75) is 24.5 Å². The molecule has 2 aromatic rings. The standard InChI is InChI=1S/C12H13ClN2O2S/c13-11-4-1-5-12-14-9(8-15(11)12)7-10-3-2-6-18(10,16)17/h1,4-5,8,10H,2-3,6-7H2. The van der Waals surface area contributed by atoms with Gasteiger partial charge in [-0.05, 0) is 25.0 Å². The molecule has 4 nitrogen and oxygen atoms in total. The van der Waals surface area contributed by atoms with E-state index in [1.807, 2.05) is 18.3 Å². The molecule has 0 bridgehead atoms. The summed E-state index contributed by atoms with van der Waals surface area (Å²) in [5, 5.41) is 0.307. The highest BCUT2D eigenvalue weighted by Crippen LogP contribution is 2.24. The molecule has 3 heterocycles. The minimum atomic E-state index is -2.92. The molecule has 0 aliphatic carbocycles. The monoisotopic (exact) mass is 284 g/mol. The van der Waals surface area contributed by atoms with Gasteiger partial charge in [-0.25, -0.2) is 13.4 Å². The van der Waals surface area contributed by atoms with E-state index >= 15 is 0 Å². The highest BCUT2D eigenvalue weighted by Gasteiger charge is 2.31. The molecule has 1 unspecified atom stereocenters. The number of hydrogen-bond donors (Lipinski definition) is 0. The SMILES string of the molecule is O=S1(=O)CCCC1Cc1cn2c(Cl)cccc2n1. The summed E-state index contributed by atoms with van der Waals surface area (Å²) in [6.45, 7) is 0. The molecule has 0 saturated carbocycles. The number of fused-ring (bicyclic) bond motifs is 1. The van der Waals surface area contributed by atoms with Gasteiger partial charge in [0.15, 0.2) is 9.84 Å². The van der Waals surface area contributed by atoms with Crippen LogP contribution in [0.15, 0.2) is 24.4 Å². The van der Waals surface area contributed by atoms with E-state index in [9.17, 15) is 8.42 Å². The van der Waals surface area contributed by atoms with Crippen molar-refractivity contribution < 1.29 is 8.42 Å². The van der Waals surface area contributed by atoms with Crippen molar-refractivity contribution in [3.63, 3.8) is 0 Å². The first-order chi connectivity index (χ1) is 8.56. The van der Waals surface area contributed by atoms with Crippen molar-refractivity contribution in [2.24, 2.45) is 0 Å². The minimum Gasteiger partial charge on any atom is -0.290 e. The number of imidazole rings is 1. The Hall–Kier alpha value is -1.07. The predicted molar refractivity (Wildman–Crippen MR) is 70.7 cm³/mol. The zero-order chi connectivity index (χ0) is 12.8. The van der Waals surface area contributed by atoms with Crippen molar-refractivity contribution in [3.05, 3.63) is 35.2 Å². The molecule has 0 aromatic carbocycles. The summed E-state index contributed by atoms with van der Waals surface area (Å²) in [7, 11) is -2.92. The third-order valence-electron chi connectivity index (χ3n) is 3.39. The quantitative estimate of drug-likeness (QED) is 0.794. The van der Waals surface area contributed by atoms with Crippen LogP contribution in [0.1, 0.15) is 18.5 Å². The van der Waals surface area contributed by atoms with E-state index in [4.69, 9.17) is 11.6 Å². The first-order valence-electron chi connectivity index (χ1n) is 5.90. The van der Waals surface area contributed by atoms with Gasteiger partial charge < -0.3 is 0 Å². The van der Waals surface area contributed by atoms with Gasteiger partial charge in [0.05, 0.1) is 16.7 Å².